The van der Waals surface area contributed by atoms with Crippen LogP contribution in [0.2, 0.25) is 0 Å². The predicted molar refractivity (Wildman–Crippen MR) is 111 cm³/mol. The van der Waals surface area contributed by atoms with Crippen LogP contribution in [0.15, 0.2) is 54.6 Å². The standard InChI is InChI=1S/C23H27N3O3/c27-19(17-26-22(28)20-8-4-5-9-21(20)23(26)29)16-25-14-12-24(13-15-25)11-10-18-6-2-1-3-7-18/h1-9,19,27H,10-17H2. The lowest BCUT2D eigenvalue weighted by Crippen LogP contribution is -2.50. The van der Waals surface area contributed by atoms with Crippen molar-refractivity contribution in [3.8, 4) is 0 Å². The SMILES string of the molecule is O=C1c2ccccc2C(=O)N1CC(O)CN1CCN(CCc2ccccc2)CC1. The molecule has 2 heterocycles. The maximum Gasteiger partial charge on any atom is 0.261 e. The van der Waals surface area contributed by atoms with Crippen molar-refractivity contribution in [2.75, 3.05) is 45.8 Å². The van der Waals surface area contributed by atoms with Crippen LogP contribution in [0.3, 0.4) is 0 Å². The molecular formula is C23H27N3O3. The molecule has 0 spiro atoms. The van der Waals surface area contributed by atoms with Crippen LogP contribution in [0, 0.1) is 0 Å². The van der Waals surface area contributed by atoms with Crippen molar-refractivity contribution in [2.45, 2.75) is 12.5 Å². The van der Waals surface area contributed by atoms with Crippen molar-refractivity contribution in [3.05, 3.63) is 71.3 Å². The lowest BCUT2D eigenvalue weighted by molar-refractivity contribution is 0.0400. The van der Waals surface area contributed by atoms with Gasteiger partial charge in [0.15, 0.2) is 0 Å². The molecule has 2 aromatic carbocycles. The van der Waals surface area contributed by atoms with Crippen LogP contribution in [0.5, 0.6) is 0 Å². The number of fused-ring (bicyclic) bond motifs is 1. The average molecular weight is 393 g/mol. The first-order valence-electron chi connectivity index (χ1n) is 10.2. The summed E-state index contributed by atoms with van der Waals surface area (Å²) in [5.41, 5.74) is 2.21. The molecule has 1 atom stereocenters. The highest BCUT2D eigenvalue weighted by molar-refractivity contribution is 6.21. The van der Waals surface area contributed by atoms with Crippen molar-refractivity contribution in [1.29, 1.82) is 0 Å². The van der Waals surface area contributed by atoms with E-state index in [0.29, 0.717) is 17.7 Å². The highest BCUT2D eigenvalue weighted by Crippen LogP contribution is 2.22. The Bertz CT molecular complexity index is 828. The van der Waals surface area contributed by atoms with Crippen molar-refractivity contribution in [1.82, 2.24) is 14.7 Å². The largest absolute Gasteiger partial charge is 0.390 e. The van der Waals surface area contributed by atoms with Crippen LogP contribution in [0.25, 0.3) is 0 Å². The van der Waals surface area contributed by atoms with E-state index in [1.165, 1.54) is 10.5 Å². The molecule has 2 amide bonds. The number of hydrogen-bond acceptors (Lipinski definition) is 5. The van der Waals surface area contributed by atoms with Gasteiger partial charge in [0.2, 0.25) is 0 Å². The van der Waals surface area contributed by atoms with Gasteiger partial charge in [-0.1, -0.05) is 42.5 Å². The number of hydrogen-bond donors (Lipinski definition) is 1. The van der Waals surface area contributed by atoms with E-state index >= 15 is 0 Å². The zero-order chi connectivity index (χ0) is 20.2. The molecule has 29 heavy (non-hydrogen) atoms. The lowest BCUT2D eigenvalue weighted by Gasteiger charge is -2.36. The van der Waals surface area contributed by atoms with Crippen molar-refractivity contribution < 1.29 is 14.7 Å². The summed E-state index contributed by atoms with van der Waals surface area (Å²) in [5.74, 6) is -0.620. The highest BCUT2D eigenvalue weighted by Gasteiger charge is 2.36. The monoisotopic (exact) mass is 393 g/mol. The Balaban J connectivity index is 1.22. The number of nitrogens with zero attached hydrogens (tertiary/aromatic N) is 3. The number of aliphatic hydroxyl groups excluding tert-OH is 1. The van der Waals surface area contributed by atoms with Crippen LogP contribution in [-0.4, -0.2) is 83.5 Å². The summed E-state index contributed by atoms with van der Waals surface area (Å²) >= 11 is 0. The molecule has 2 aromatic rings. The number of carbonyl (C=O) groups excluding carboxylic acids is 2. The minimum Gasteiger partial charge on any atom is -0.390 e. The Morgan fingerprint density at radius 3 is 1.93 bits per heavy atom. The molecule has 1 N–H and O–H groups in total. The van der Waals surface area contributed by atoms with Gasteiger partial charge >= 0.3 is 0 Å². The molecule has 0 aliphatic carbocycles. The van der Waals surface area contributed by atoms with Crippen LogP contribution < -0.4 is 0 Å². The zero-order valence-electron chi connectivity index (χ0n) is 16.5. The first-order valence-corrected chi connectivity index (χ1v) is 10.2. The number of benzene rings is 2. The molecular weight excluding hydrogens is 366 g/mol. The maximum absolute atomic E-state index is 12.4. The van der Waals surface area contributed by atoms with Gasteiger partial charge in [-0.2, -0.15) is 0 Å². The molecule has 6 nitrogen and oxygen atoms in total. The summed E-state index contributed by atoms with van der Waals surface area (Å²) in [6.07, 6.45) is 0.302. The molecule has 1 unspecified atom stereocenters. The van der Waals surface area contributed by atoms with E-state index in [9.17, 15) is 14.7 Å². The van der Waals surface area contributed by atoms with Gasteiger partial charge in [0, 0.05) is 39.3 Å². The number of rotatable bonds is 7. The van der Waals surface area contributed by atoms with E-state index in [0.717, 1.165) is 39.1 Å². The molecule has 0 saturated carbocycles. The smallest absolute Gasteiger partial charge is 0.261 e. The number of imide groups is 1. The number of amides is 2. The molecule has 2 aliphatic rings. The number of aliphatic hydroxyl groups is 1. The third-order valence-corrected chi connectivity index (χ3v) is 5.76. The van der Waals surface area contributed by atoms with Crippen LogP contribution in [-0.2, 0) is 6.42 Å². The fraction of sp³-hybridized carbons (Fsp3) is 0.391. The summed E-state index contributed by atoms with van der Waals surface area (Å²) in [7, 11) is 0. The molecule has 6 heteroatoms. The van der Waals surface area contributed by atoms with E-state index in [4.69, 9.17) is 0 Å². The van der Waals surface area contributed by atoms with E-state index in [-0.39, 0.29) is 18.4 Å². The third-order valence-electron chi connectivity index (χ3n) is 5.76. The highest BCUT2D eigenvalue weighted by atomic mass is 16.3. The molecule has 0 aromatic heterocycles. The van der Waals surface area contributed by atoms with Crippen LogP contribution >= 0.6 is 0 Å². The second-order valence-electron chi connectivity index (χ2n) is 7.80. The second-order valence-corrected chi connectivity index (χ2v) is 7.80. The van der Waals surface area contributed by atoms with Gasteiger partial charge in [-0.25, -0.2) is 0 Å². The molecule has 1 fully saturated rings. The molecule has 2 aliphatic heterocycles. The summed E-state index contributed by atoms with van der Waals surface area (Å²) in [4.78, 5) is 30.7. The Labute approximate surface area is 171 Å². The normalized spacial score (nSPS) is 18.9. The maximum atomic E-state index is 12.4. The van der Waals surface area contributed by atoms with Crippen LogP contribution in [0.1, 0.15) is 26.3 Å². The Morgan fingerprint density at radius 2 is 1.31 bits per heavy atom. The average Bonchev–Trinajstić information content (AvgIpc) is 2.99. The third kappa shape index (κ3) is 4.56. The zero-order valence-corrected chi connectivity index (χ0v) is 16.5. The molecule has 0 radical (unpaired) electrons. The van der Waals surface area contributed by atoms with Crippen molar-refractivity contribution in [3.63, 3.8) is 0 Å². The van der Waals surface area contributed by atoms with Gasteiger partial charge in [-0.15, -0.1) is 0 Å². The summed E-state index contributed by atoms with van der Waals surface area (Å²) < 4.78 is 0. The van der Waals surface area contributed by atoms with Crippen LogP contribution in [0.4, 0.5) is 0 Å². The number of carbonyl (C=O) groups is 2. The van der Waals surface area contributed by atoms with E-state index in [1.54, 1.807) is 24.3 Å². The fourth-order valence-corrected chi connectivity index (χ4v) is 4.10. The Morgan fingerprint density at radius 1 is 0.759 bits per heavy atom. The summed E-state index contributed by atoms with van der Waals surface area (Å²) in [6, 6.07) is 17.3. The van der Waals surface area contributed by atoms with E-state index in [1.807, 2.05) is 6.07 Å². The van der Waals surface area contributed by atoms with Gasteiger partial charge in [0.25, 0.3) is 11.8 Å². The topological polar surface area (TPSA) is 64.1 Å². The van der Waals surface area contributed by atoms with Gasteiger partial charge < -0.3 is 10.0 Å². The van der Waals surface area contributed by atoms with Crippen molar-refractivity contribution >= 4 is 11.8 Å². The molecule has 4 rings (SSSR count). The summed E-state index contributed by atoms with van der Waals surface area (Å²) in [5, 5.41) is 10.5. The quantitative estimate of drug-likeness (QED) is 0.723. The van der Waals surface area contributed by atoms with Gasteiger partial charge in [-0.3, -0.25) is 19.4 Å². The number of β-amino-alcohol motifs (C(OH)–C–C–N with tert-alkyl or cyclic N) is 1. The predicted octanol–water partition coefficient (Wildman–Crippen LogP) is 1.50. The first kappa shape index (κ1) is 19.8. The summed E-state index contributed by atoms with van der Waals surface area (Å²) in [6.45, 7) is 5.25. The van der Waals surface area contributed by atoms with E-state index in [2.05, 4.69) is 34.1 Å². The number of piperazine rings is 1. The fourth-order valence-electron chi connectivity index (χ4n) is 4.10. The first-order chi connectivity index (χ1) is 14.1. The second kappa shape index (κ2) is 8.86. The molecule has 152 valence electrons. The Kier molecular flexibility index (Phi) is 6.04. The lowest BCUT2D eigenvalue weighted by atomic mass is 10.1. The van der Waals surface area contributed by atoms with Gasteiger partial charge in [-0.05, 0) is 24.1 Å². The minimum atomic E-state index is -0.743. The molecule has 0 bridgehead atoms. The Hall–Kier alpha value is -2.54. The van der Waals surface area contributed by atoms with Gasteiger partial charge in [0.05, 0.1) is 23.8 Å². The van der Waals surface area contributed by atoms with Crippen molar-refractivity contribution in [2.24, 2.45) is 0 Å². The minimum absolute atomic E-state index is 0.0422. The van der Waals surface area contributed by atoms with Gasteiger partial charge in [0.1, 0.15) is 0 Å². The van der Waals surface area contributed by atoms with E-state index < -0.39 is 6.10 Å². The molecule has 1 saturated heterocycles.